The van der Waals surface area contributed by atoms with Gasteiger partial charge in [0.1, 0.15) is 5.75 Å². The Balaban J connectivity index is 1.91. The second-order valence-corrected chi connectivity index (χ2v) is 5.74. The zero-order valence-corrected chi connectivity index (χ0v) is 12.2. The molecule has 0 atom stereocenters. The summed E-state index contributed by atoms with van der Waals surface area (Å²) in [6.45, 7) is 5.94. The van der Waals surface area contributed by atoms with Crippen molar-refractivity contribution in [3.63, 3.8) is 0 Å². The van der Waals surface area contributed by atoms with Crippen LogP contribution < -0.4 is 4.90 Å². The molecule has 0 radical (unpaired) electrons. The standard InChI is InChI=1S/C18H21NO/c1-13-8-9-17-15(11-13)7-4-10-19(17)12-16-6-3-5-14(2)18(16)20/h3,5-6,8-9,11,20H,4,7,10,12H2,1-2H3. The molecule has 0 spiro atoms. The second kappa shape index (κ2) is 5.20. The molecule has 0 saturated heterocycles. The molecule has 1 N–H and O–H groups in total. The molecule has 0 fully saturated rings. The molecular weight excluding hydrogens is 246 g/mol. The van der Waals surface area contributed by atoms with Gasteiger partial charge in [0.15, 0.2) is 0 Å². The topological polar surface area (TPSA) is 23.5 Å². The molecule has 2 nitrogen and oxygen atoms in total. The second-order valence-electron chi connectivity index (χ2n) is 5.74. The third-order valence-electron chi connectivity index (χ3n) is 4.13. The van der Waals surface area contributed by atoms with Crippen molar-refractivity contribution in [2.24, 2.45) is 0 Å². The van der Waals surface area contributed by atoms with E-state index in [-0.39, 0.29) is 0 Å². The van der Waals surface area contributed by atoms with Gasteiger partial charge < -0.3 is 10.0 Å². The van der Waals surface area contributed by atoms with Crippen LogP contribution in [0.25, 0.3) is 0 Å². The van der Waals surface area contributed by atoms with Crippen LogP contribution in [0, 0.1) is 13.8 Å². The van der Waals surface area contributed by atoms with Crippen LogP contribution in [0.1, 0.15) is 28.7 Å². The van der Waals surface area contributed by atoms with Gasteiger partial charge in [-0.25, -0.2) is 0 Å². The Morgan fingerprint density at radius 1 is 1.15 bits per heavy atom. The third-order valence-corrected chi connectivity index (χ3v) is 4.13. The average molecular weight is 267 g/mol. The van der Waals surface area contributed by atoms with Crippen molar-refractivity contribution in [3.8, 4) is 5.75 Å². The third kappa shape index (κ3) is 2.38. The number of phenols is 1. The quantitative estimate of drug-likeness (QED) is 0.890. The zero-order chi connectivity index (χ0) is 14.1. The lowest BCUT2D eigenvalue weighted by Crippen LogP contribution is -2.28. The summed E-state index contributed by atoms with van der Waals surface area (Å²) in [5, 5.41) is 10.2. The number of hydrogen-bond acceptors (Lipinski definition) is 2. The van der Waals surface area contributed by atoms with Gasteiger partial charge in [-0.05, 0) is 43.9 Å². The van der Waals surface area contributed by atoms with E-state index in [1.807, 2.05) is 25.1 Å². The molecule has 1 heterocycles. The van der Waals surface area contributed by atoms with Crippen LogP contribution in [0.2, 0.25) is 0 Å². The van der Waals surface area contributed by atoms with Crippen molar-refractivity contribution in [2.75, 3.05) is 11.4 Å². The molecule has 0 bridgehead atoms. The van der Waals surface area contributed by atoms with Gasteiger partial charge in [0.05, 0.1) is 0 Å². The number of benzene rings is 2. The van der Waals surface area contributed by atoms with Gasteiger partial charge in [-0.3, -0.25) is 0 Å². The number of phenolic OH excluding ortho intramolecular Hbond substituents is 1. The molecule has 0 aliphatic carbocycles. The fraction of sp³-hybridized carbons (Fsp3) is 0.333. The SMILES string of the molecule is Cc1ccc2c(c1)CCCN2Cc1cccc(C)c1O. The van der Waals surface area contributed by atoms with Crippen LogP contribution in [-0.2, 0) is 13.0 Å². The van der Waals surface area contributed by atoms with Gasteiger partial charge in [-0.1, -0.05) is 35.9 Å². The van der Waals surface area contributed by atoms with Crippen LogP contribution in [0.3, 0.4) is 0 Å². The molecule has 0 unspecified atom stereocenters. The first-order valence-electron chi connectivity index (χ1n) is 7.27. The van der Waals surface area contributed by atoms with Crippen molar-refractivity contribution >= 4 is 5.69 Å². The van der Waals surface area contributed by atoms with Crippen molar-refractivity contribution in [1.29, 1.82) is 0 Å². The Morgan fingerprint density at radius 3 is 2.85 bits per heavy atom. The number of aryl methyl sites for hydroxylation is 3. The lowest BCUT2D eigenvalue weighted by atomic mass is 9.98. The van der Waals surface area contributed by atoms with Crippen LogP contribution >= 0.6 is 0 Å². The van der Waals surface area contributed by atoms with E-state index >= 15 is 0 Å². The molecule has 20 heavy (non-hydrogen) atoms. The predicted octanol–water partition coefficient (Wildman–Crippen LogP) is 3.96. The summed E-state index contributed by atoms with van der Waals surface area (Å²) in [5.41, 5.74) is 6.04. The molecule has 2 aromatic carbocycles. The van der Waals surface area contributed by atoms with Crippen molar-refractivity contribution < 1.29 is 5.11 Å². The van der Waals surface area contributed by atoms with E-state index in [0.717, 1.165) is 30.6 Å². The average Bonchev–Trinajstić information content (AvgIpc) is 2.44. The summed E-state index contributed by atoms with van der Waals surface area (Å²) in [6.07, 6.45) is 2.34. The Morgan fingerprint density at radius 2 is 2.00 bits per heavy atom. The molecule has 0 amide bonds. The van der Waals surface area contributed by atoms with Gasteiger partial charge in [0.25, 0.3) is 0 Å². The fourth-order valence-electron chi connectivity index (χ4n) is 3.02. The monoisotopic (exact) mass is 267 g/mol. The van der Waals surface area contributed by atoms with Gasteiger partial charge in [0.2, 0.25) is 0 Å². The highest BCUT2D eigenvalue weighted by Crippen LogP contribution is 2.31. The van der Waals surface area contributed by atoms with Crippen molar-refractivity contribution in [3.05, 3.63) is 58.7 Å². The van der Waals surface area contributed by atoms with E-state index in [4.69, 9.17) is 0 Å². The number of anilines is 1. The Bertz CT molecular complexity index is 633. The Kier molecular flexibility index (Phi) is 3.39. The molecule has 0 saturated carbocycles. The predicted molar refractivity (Wildman–Crippen MR) is 83.4 cm³/mol. The lowest BCUT2D eigenvalue weighted by molar-refractivity contribution is 0.462. The first kappa shape index (κ1) is 13.0. The summed E-state index contributed by atoms with van der Waals surface area (Å²) in [7, 11) is 0. The van der Waals surface area contributed by atoms with E-state index in [1.54, 1.807) is 0 Å². The minimum Gasteiger partial charge on any atom is -0.507 e. The number of fused-ring (bicyclic) bond motifs is 1. The normalized spacial score (nSPS) is 14.2. The molecule has 104 valence electrons. The van der Waals surface area contributed by atoms with Gasteiger partial charge >= 0.3 is 0 Å². The molecule has 0 aromatic heterocycles. The highest BCUT2D eigenvalue weighted by atomic mass is 16.3. The summed E-state index contributed by atoms with van der Waals surface area (Å²) in [4.78, 5) is 2.38. The van der Waals surface area contributed by atoms with Gasteiger partial charge in [-0.2, -0.15) is 0 Å². The van der Waals surface area contributed by atoms with Crippen LogP contribution in [0.4, 0.5) is 5.69 Å². The number of nitrogens with zero attached hydrogens (tertiary/aromatic N) is 1. The van der Waals surface area contributed by atoms with Gasteiger partial charge in [-0.15, -0.1) is 0 Å². The van der Waals surface area contributed by atoms with E-state index in [0.29, 0.717) is 5.75 Å². The van der Waals surface area contributed by atoms with E-state index < -0.39 is 0 Å². The molecule has 2 heteroatoms. The maximum absolute atomic E-state index is 10.2. The van der Waals surface area contributed by atoms with E-state index in [2.05, 4.69) is 30.0 Å². The first-order valence-corrected chi connectivity index (χ1v) is 7.27. The summed E-state index contributed by atoms with van der Waals surface area (Å²) < 4.78 is 0. The Labute approximate surface area is 120 Å². The Hall–Kier alpha value is -1.96. The highest BCUT2D eigenvalue weighted by molar-refractivity contribution is 5.57. The van der Waals surface area contributed by atoms with Crippen LogP contribution in [0.5, 0.6) is 5.75 Å². The van der Waals surface area contributed by atoms with Gasteiger partial charge in [0, 0.05) is 24.3 Å². The number of rotatable bonds is 2. The number of para-hydroxylation sites is 1. The largest absolute Gasteiger partial charge is 0.507 e. The van der Waals surface area contributed by atoms with Crippen LogP contribution in [0.15, 0.2) is 36.4 Å². The minimum atomic E-state index is 0.437. The van der Waals surface area contributed by atoms with E-state index in [1.165, 1.54) is 23.2 Å². The van der Waals surface area contributed by atoms with Crippen molar-refractivity contribution in [2.45, 2.75) is 33.2 Å². The summed E-state index contributed by atoms with van der Waals surface area (Å²) in [5.74, 6) is 0.437. The first-order chi connectivity index (χ1) is 9.65. The lowest BCUT2D eigenvalue weighted by Gasteiger charge is -2.32. The smallest absolute Gasteiger partial charge is 0.123 e. The molecular formula is C18H21NO. The zero-order valence-electron chi connectivity index (χ0n) is 12.2. The maximum atomic E-state index is 10.2. The molecule has 2 aromatic rings. The molecule has 1 aliphatic heterocycles. The summed E-state index contributed by atoms with van der Waals surface area (Å²) in [6, 6.07) is 12.7. The maximum Gasteiger partial charge on any atom is 0.123 e. The van der Waals surface area contributed by atoms with Crippen molar-refractivity contribution in [1.82, 2.24) is 0 Å². The molecule has 3 rings (SSSR count). The summed E-state index contributed by atoms with van der Waals surface area (Å²) >= 11 is 0. The highest BCUT2D eigenvalue weighted by Gasteiger charge is 2.18. The molecule has 1 aliphatic rings. The number of hydrogen-bond donors (Lipinski definition) is 1. The van der Waals surface area contributed by atoms with E-state index in [9.17, 15) is 5.11 Å². The minimum absolute atomic E-state index is 0.437. The number of aromatic hydroxyl groups is 1. The van der Waals surface area contributed by atoms with Crippen LogP contribution in [-0.4, -0.2) is 11.7 Å². The fourth-order valence-corrected chi connectivity index (χ4v) is 3.02.